The number of primary amides is 1. The van der Waals surface area contributed by atoms with E-state index in [9.17, 15) is 32.4 Å². The summed E-state index contributed by atoms with van der Waals surface area (Å²) in [5, 5.41) is 8.43. The lowest BCUT2D eigenvalue weighted by Crippen LogP contribution is -2.64. The topological polar surface area (TPSA) is 185 Å². The number of nitrogens with one attached hydrogen (secondary N) is 3. The molecule has 2 aliphatic carbocycles. The number of terminal acetylenes is 1. The van der Waals surface area contributed by atoms with Crippen molar-refractivity contribution < 1.29 is 32.4 Å². The zero-order valence-corrected chi connectivity index (χ0v) is 29.4. The molecule has 5 atom stereocenters. The van der Waals surface area contributed by atoms with E-state index >= 15 is 0 Å². The van der Waals surface area contributed by atoms with E-state index in [1.54, 1.807) is 41.5 Å². The minimum Gasteiger partial charge on any atom is -0.363 e. The normalized spacial score (nSPS) is 24.8. The molecule has 0 aromatic heterocycles. The van der Waals surface area contributed by atoms with Gasteiger partial charge in [0.15, 0.2) is 9.84 Å². The van der Waals surface area contributed by atoms with Crippen molar-refractivity contribution in [2.75, 3.05) is 12.3 Å². The largest absolute Gasteiger partial charge is 0.363 e. The van der Waals surface area contributed by atoms with Crippen molar-refractivity contribution >= 4 is 39.4 Å². The Morgan fingerprint density at radius 1 is 1.00 bits per heavy atom. The molecule has 1 aliphatic heterocycles. The highest BCUT2D eigenvalue weighted by Crippen LogP contribution is 2.65. The number of fused-ring (bicyclic) bond motifs is 1. The summed E-state index contributed by atoms with van der Waals surface area (Å²) in [6.07, 6.45) is 8.97. The van der Waals surface area contributed by atoms with Gasteiger partial charge in [-0.2, -0.15) is 0 Å². The summed E-state index contributed by atoms with van der Waals surface area (Å²) in [5.74, 6) is -1.21. The minimum absolute atomic E-state index is 0.0151. The molecule has 0 radical (unpaired) electrons. The van der Waals surface area contributed by atoms with Gasteiger partial charge in [0.25, 0.3) is 5.91 Å². The number of rotatable bonds is 11. The van der Waals surface area contributed by atoms with Gasteiger partial charge in [-0.3, -0.25) is 19.2 Å². The molecule has 5 amide bonds. The van der Waals surface area contributed by atoms with Crippen LogP contribution in [0.1, 0.15) is 100 Å². The average Bonchev–Trinajstić information content (AvgIpc) is 3.24. The first-order chi connectivity index (χ1) is 21.0. The van der Waals surface area contributed by atoms with Crippen LogP contribution in [-0.2, 0) is 29.0 Å². The highest BCUT2D eigenvalue weighted by Gasteiger charge is 2.70. The number of sulfone groups is 1. The molecule has 3 aliphatic rings. The van der Waals surface area contributed by atoms with Crippen LogP contribution in [0.25, 0.3) is 0 Å². The molecule has 258 valence electrons. The fourth-order valence-corrected chi connectivity index (χ4v) is 8.60. The number of ketones is 1. The maximum atomic E-state index is 14.3. The second-order valence-electron chi connectivity index (χ2n) is 16.0. The number of amides is 5. The summed E-state index contributed by atoms with van der Waals surface area (Å²) >= 11 is 0. The molecular formula is C33H53N5O7S. The lowest BCUT2D eigenvalue weighted by Gasteiger charge is -2.41. The van der Waals surface area contributed by atoms with Crippen molar-refractivity contribution in [1.29, 1.82) is 0 Å². The highest BCUT2D eigenvalue weighted by molar-refractivity contribution is 7.92. The van der Waals surface area contributed by atoms with Crippen LogP contribution >= 0.6 is 0 Å². The first-order valence-electron chi connectivity index (χ1n) is 16.2. The summed E-state index contributed by atoms with van der Waals surface area (Å²) in [6.45, 7) is 14.6. The van der Waals surface area contributed by atoms with Crippen molar-refractivity contribution in [3.8, 4) is 12.3 Å². The number of hydrogen-bond acceptors (Lipinski definition) is 7. The van der Waals surface area contributed by atoms with Gasteiger partial charge in [-0.25, -0.2) is 13.2 Å². The van der Waals surface area contributed by atoms with Crippen molar-refractivity contribution in [3.05, 3.63) is 0 Å². The van der Waals surface area contributed by atoms with Crippen LogP contribution in [0.4, 0.5) is 4.79 Å². The molecule has 0 aromatic carbocycles. The third kappa shape index (κ3) is 7.86. The Morgan fingerprint density at radius 3 is 2.09 bits per heavy atom. The fraction of sp³-hybridized carbons (Fsp3) is 0.788. The Kier molecular flexibility index (Phi) is 10.7. The summed E-state index contributed by atoms with van der Waals surface area (Å²) in [4.78, 5) is 67.3. The van der Waals surface area contributed by atoms with Gasteiger partial charge in [-0.1, -0.05) is 53.9 Å². The van der Waals surface area contributed by atoms with E-state index in [0.717, 1.165) is 19.3 Å². The van der Waals surface area contributed by atoms with Crippen LogP contribution in [0, 0.1) is 35.0 Å². The molecule has 2 saturated carbocycles. The number of urea groups is 1. The molecule has 0 aromatic rings. The maximum Gasteiger partial charge on any atom is 0.315 e. The third-order valence-corrected chi connectivity index (χ3v) is 13.0. The average molecular weight is 664 g/mol. The Hall–Kier alpha value is -3.14. The lowest BCUT2D eigenvalue weighted by atomic mass is 9.83. The summed E-state index contributed by atoms with van der Waals surface area (Å²) in [5.41, 5.74) is 3.22. The van der Waals surface area contributed by atoms with E-state index in [2.05, 4.69) is 21.9 Å². The predicted molar refractivity (Wildman–Crippen MR) is 175 cm³/mol. The van der Waals surface area contributed by atoms with Gasteiger partial charge in [0, 0.05) is 13.0 Å². The van der Waals surface area contributed by atoms with Crippen LogP contribution in [0.3, 0.4) is 0 Å². The van der Waals surface area contributed by atoms with Crippen molar-refractivity contribution in [3.63, 3.8) is 0 Å². The molecular weight excluding hydrogens is 610 g/mol. The van der Waals surface area contributed by atoms with Crippen LogP contribution in [-0.4, -0.2) is 83.6 Å². The smallest absolute Gasteiger partial charge is 0.315 e. The SMILES string of the molecule is C#CCCC(NC(=O)[C@@H]1[C@@H]2[C@H](CN1C(=O)[C@@H](NC(=O)NC1(CS(=O)(=O)C(C)(C)C)CCCCC1)C(C)(C)C)C2(C)C)C(=O)C(N)=O. The number of likely N-dealkylation sites (tertiary alicyclic amines) is 1. The predicted octanol–water partition coefficient (Wildman–Crippen LogP) is 2.05. The lowest BCUT2D eigenvalue weighted by molar-refractivity contribution is -0.145. The molecule has 3 fully saturated rings. The van der Waals surface area contributed by atoms with Gasteiger partial charge in [-0.15, -0.1) is 12.3 Å². The number of nitrogens with zero attached hydrogens (tertiary/aromatic N) is 1. The van der Waals surface area contributed by atoms with Gasteiger partial charge < -0.3 is 26.6 Å². The fourth-order valence-electron chi connectivity index (χ4n) is 7.08. The van der Waals surface area contributed by atoms with Crippen LogP contribution in [0.2, 0.25) is 0 Å². The Labute approximate surface area is 274 Å². The number of hydrogen-bond donors (Lipinski definition) is 4. The molecule has 46 heavy (non-hydrogen) atoms. The van der Waals surface area contributed by atoms with E-state index in [4.69, 9.17) is 12.2 Å². The van der Waals surface area contributed by atoms with Crippen molar-refractivity contribution in [2.45, 2.75) is 129 Å². The number of Topliss-reactive ketones (excluding diaryl/α,β-unsaturated/α-hetero) is 1. The number of nitrogens with two attached hydrogens (primary N) is 1. The first-order valence-corrected chi connectivity index (χ1v) is 17.8. The van der Waals surface area contributed by atoms with Crippen LogP contribution < -0.4 is 21.7 Å². The first kappa shape index (κ1) is 37.3. The molecule has 1 saturated heterocycles. The van der Waals surface area contributed by atoms with E-state index in [0.29, 0.717) is 12.8 Å². The zero-order valence-electron chi connectivity index (χ0n) is 28.6. The van der Waals surface area contributed by atoms with Gasteiger partial charge in [0.05, 0.1) is 22.1 Å². The quantitative estimate of drug-likeness (QED) is 0.193. The monoisotopic (exact) mass is 663 g/mol. The van der Waals surface area contributed by atoms with E-state index in [1.165, 1.54) is 4.90 Å². The van der Waals surface area contributed by atoms with Crippen molar-refractivity contribution in [1.82, 2.24) is 20.9 Å². The molecule has 0 bridgehead atoms. The van der Waals surface area contributed by atoms with E-state index in [-0.39, 0.29) is 42.4 Å². The number of piperidine rings is 1. The van der Waals surface area contributed by atoms with Gasteiger partial charge in [0.2, 0.25) is 17.6 Å². The Morgan fingerprint density at radius 2 is 1.59 bits per heavy atom. The Balaban J connectivity index is 1.87. The van der Waals surface area contributed by atoms with Crippen LogP contribution in [0.15, 0.2) is 0 Å². The minimum atomic E-state index is -3.57. The van der Waals surface area contributed by atoms with Gasteiger partial charge in [-0.05, 0) is 62.7 Å². The van der Waals surface area contributed by atoms with Crippen molar-refractivity contribution in [2.24, 2.45) is 28.4 Å². The maximum absolute atomic E-state index is 14.3. The Bertz CT molecular complexity index is 1380. The number of carbonyl (C=O) groups excluding carboxylic acids is 5. The summed E-state index contributed by atoms with van der Waals surface area (Å²) < 4.78 is 25.5. The molecule has 1 unspecified atom stereocenters. The molecule has 5 N–H and O–H groups in total. The van der Waals surface area contributed by atoms with Crippen LogP contribution in [0.5, 0.6) is 0 Å². The second-order valence-corrected chi connectivity index (χ2v) is 18.8. The number of carbonyl (C=O) groups is 5. The second kappa shape index (κ2) is 13.2. The molecule has 3 rings (SSSR count). The van der Waals surface area contributed by atoms with E-state index in [1.807, 2.05) is 13.8 Å². The molecule has 1 heterocycles. The highest BCUT2D eigenvalue weighted by atomic mass is 32.2. The summed E-state index contributed by atoms with van der Waals surface area (Å²) in [6, 6.07) is -3.88. The van der Waals surface area contributed by atoms with E-state index < -0.39 is 73.2 Å². The van der Waals surface area contributed by atoms with Gasteiger partial charge >= 0.3 is 6.03 Å². The zero-order chi connectivity index (χ0) is 35.0. The summed E-state index contributed by atoms with van der Waals surface area (Å²) in [7, 11) is -3.57. The standard InChI is InChI=1S/C33H53N5O7S/c1-10-11-15-21(24(39)26(34)40)35-27(41)23-22-20(32(22,8)9)18-38(23)28(42)25(30(2,3)4)36-29(43)37-33(16-13-12-14-17-33)19-46(44,45)31(5,6)7/h1,20-23,25H,11-19H2,2-9H3,(H2,34,40)(H,35,41)(H2,36,37,43)/t20-,21?,22-,23-,25+/m0/s1. The molecule has 12 nitrogen and oxygen atoms in total. The molecule has 13 heteroatoms. The third-order valence-electron chi connectivity index (χ3n) is 10.2. The molecule has 0 spiro atoms. The van der Waals surface area contributed by atoms with Gasteiger partial charge in [0.1, 0.15) is 12.1 Å².